The molecular formula is C11H15NO2. The van der Waals surface area contributed by atoms with Crippen LogP contribution in [0.3, 0.4) is 0 Å². The van der Waals surface area contributed by atoms with Crippen LogP contribution in [0.4, 0.5) is 0 Å². The maximum absolute atomic E-state index is 9.35. The fourth-order valence-corrected chi connectivity index (χ4v) is 1.32. The zero-order valence-electron chi connectivity index (χ0n) is 8.45. The summed E-state index contributed by atoms with van der Waals surface area (Å²) in [4.78, 5) is 0. The molecule has 3 N–H and O–H groups in total. The van der Waals surface area contributed by atoms with Gasteiger partial charge in [0.2, 0.25) is 0 Å². The van der Waals surface area contributed by atoms with Crippen LogP contribution in [0, 0.1) is 6.92 Å². The molecule has 0 radical (unpaired) electrons. The lowest BCUT2D eigenvalue weighted by Gasteiger charge is -2.08. The van der Waals surface area contributed by atoms with Crippen LogP contribution in [0.2, 0.25) is 0 Å². The number of aryl methyl sites for hydroxylation is 1. The van der Waals surface area contributed by atoms with Gasteiger partial charge in [0.05, 0.1) is 7.11 Å². The summed E-state index contributed by atoms with van der Waals surface area (Å²) in [6.07, 6.45) is 3.75. The first kappa shape index (κ1) is 10.6. The van der Waals surface area contributed by atoms with Crippen molar-refractivity contribution in [2.75, 3.05) is 13.7 Å². The zero-order valence-corrected chi connectivity index (χ0v) is 8.45. The summed E-state index contributed by atoms with van der Waals surface area (Å²) < 4.78 is 5.15. The second-order valence-corrected chi connectivity index (χ2v) is 3.02. The number of aromatic hydroxyl groups is 1. The van der Waals surface area contributed by atoms with Crippen LogP contribution in [0.1, 0.15) is 11.1 Å². The molecule has 76 valence electrons. The second-order valence-electron chi connectivity index (χ2n) is 3.02. The first-order valence-electron chi connectivity index (χ1n) is 4.43. The second kappa shape index (κ2) is 4.67. The summed E-state index contributed by atoms with van der Waals surface area (Å²) in [6.45, 7) is 2.40. The van der Waals surface area contributed by atoms with Crippen molar-refractivity contribution in [2.45, 2.75) is 6.92 Å². The van der Waals surface area contributed by atoms with E-state index in [1.807, 2.05) is 19.1 Å². The highest BCUT2D eigenvalue weighted by atomic mass is 16.5. The van der Waals surface area contributed by atoms with Crippen LogP contribution >= 0.6 is 0 Å². The van der Waals surface area contributed by atoms with Crippen LogP contribution in [0.25, 0.3) is 6.08 Å². The highest BCUT2D eigenvalue weighted by Crippen LogP contribution is 2.28. The van der Waals surface area contributed by atoms with Gasteiger partial charge in [-0.15, -0.1) is 0 Å². The molecule has 0 saturated heterocycles. The van der Waals surface area contributed by atoms with Gasteiger partial charge in [0.25, 0.3) is 0 Å². The highest BCUT2D eigenvalue weighted by Gasteiger charge is 2.04. The molecule has 0 aliphatic heterocycles. The Kier molecular flexibility index (Phi) is 3.54. The standard InChI is InChI=1S/C11H15NO2/c1-8-6-9(13)7-11(14-2)10(8)4-3-5-12/h3-4,6-7,13H,5,12H2,1-2H3/b4-3+. The Labute approximate surface area is 83.8 Å². The summed E-state index contributed by atoms with van der Waals surface area (Å²) in [5.74, 6) is 0.872. The number of phenolic OH excluding ortho intramolecular Hbond substituents is 1. The molecule has 0 bridgehead atoms. The molecule has 0 spiro atoms. The van der Waals surface area contributed by atoms with Gasteiger partial charge in [0.15, 0.2) is 0 Å². The van der Waals surface area contributed by atoms with Crippen LogP contribution in [-0.2, 0) is 0 Å². The third-order valence-corrected chi connectivity index (χ3v) is 1.97. The number of nitrogens with two attached hydrogens (primary N) is 1. The monoisotopic (exact) mass is 193 g/mol. The Morgan fingerprint density at radius 1 is 1.50 bits per heavy atom. The van der Waals surface area contributed by atoms with E-state index in [2.05, 4.69) is 0 Å². The summed E-state index contributed by atoms with van der Waals surface area (Å²) >= 11 is 0. The van der Waals surface area contributed by atoms with Gasteiger partial charge in [-0.1, -0.05) is 12.2 Å². The van der Waals surface area contributed by atoms with E-state index < -0.39 is 0 Å². The van der Waals surface area contributed by atoms with Crippen molar-refractivity contribution in [3.05, 3.63) is 29.3 Å². The third-order valence-electron chi connectivity index (χ3n) is 1.97. The lowest BCUT2D eigenvalue weighted by Crippen LogP contribution is -1.94. The molecule has 3 heteroatoms. The minimum Gasteiger partial charge on any atom is -0.508 e. The van der Waals surface area contributed by atoms with Crippen LogP contribution in [0.15, 0.2) is 18.2 Å². The van der Waals surface area contributed by atoms with Gasteiger partial charge in [-0.05, 0) is 18.6 Å². The van der Waals surface area contributed by atoms with Crippen molar-refractivity contribution in [2.24, 2.45) is 5.73 Å². The van der Waals surface area contributed by atoms with E-state index in [0.717, 1.165) is 11.1 Å². The van der Waals surface area contributed by atoms with E-state index in [9.17, 15) is 5.11 Å². The summed E-state index contributed by atoms with van der Waals surface area (Å²) in [5.41, 5.74) is 7.29. The van der Waals surface area contributed by atoms with Gasteiger partial charge in [0, 0.05) is 18.2 Å². The highest BCUT2D eigenvalue weighted by molar-refractivity contribution is 5.63. The average molecular weight is 193 g/mol. The molecule has 14 heavy (non-hydrogen) atoms. The van der Waals surface area contributed by atoms with E-state index in [1.165, 1.54) is 0 Å². The number of rotatable bonds is 3. The molecule has 0 aliphatic carbocycles. The van der Waals surface area contributed by atoms with Gasteiger partial charge in [-0.2, -0.15) is 0 Å². The molecule has 0 atom stereocenters. The van der Waals surface area contributed by atoms with Gasteiger partial charge < -0.3 is 15.6 Å². The largest absolute Gasteiger partial charge is 0.508 e. The maximum atomic E-state index is 9.35. The van der Waals surface area contributed by atoms with Crippen molar-refractivity contribution in [1.82, 2.24) is 0 Å². The fraction of sp³-hybridized carbons (Fsp3) is 0.273. The molecule has 0 fully saturated rings. The fourth-order valence-electron chi connectivity index (χ4n) is 1.32. The van der Waals surface area contributed by atoms with Crippen molar-refractivity contribution < 1.29 is 9.84 Å². The van der Waals surface area contributed by atoms with E-state index in [4.69, 9.17) is 10.5 Å². The number of benzene rings is 1. The lowest BCUT2D eigenvalue weighted by atomic mass is 10.1. The normalized spacial score (nSPS) is 10.8. The smallest absolute Gasteiger partial charge is 0.130 e. The van der Waals surface area contributed by atoms with Gasteiger partial charge in [-0.3, -0.25) is 0 Å². The van der Waals surface area contributed by atoms with E-state index in [1.54, 1.807) is 19.2 Å². The Morgan fingerprint density at radius 2 is 2.21 bits per heavy atom. The van der Waals surface area contributed by atoms with E-state index >= 15 is 0 Å². The first-order valence-corrected chi connectivity index (χ1v) is 4.43. The van der Waals surface area contributed by atoms with Crippen molar-refractivity contribution in [1.29, 1.82) is 0 Å². The average Bonchev–Trinajstić information content (AvgIpc) is 2.15. The third kappa shape index (κ3) is 2.26. The van der Waals surface area contributed by atoms with Crippen molar-refractivity contribution >= 4 is 6.08 Å². The minimum atomic E-state index is 0.212. The molecular weight excluding hydrogens is 178 g/mol. The molecule has 0 saturated carbocycles. The summed E-state index contributed by atoms with van der Waals surface area (Å²) in [7, 11) is 1.58. The quantitative estimate of drug-likeness (QED) is 0.768. The van der Waals surface area contributed by atoms with Crippen LogP contribution < -0.4 is 10.5 Å². The number of hydrogen-bond donors (Lipinski definition) is 2. The SMILES string of the molecule is COc1cc(O)cc(C)c1/C=C/CN. The Hall–Kier alpha value is -1.48. The van der Waals surface area contributed by atoms with Crippen LogP contribution in [0.5, 0.6) is 11.5 Å². The molecule has 0 aliphatic rings. The molecule has 0 unspecified atom stereocenters. The minimum absolute atomic E-state index is 0.212. The van der Waals surface area contributed by atoms with Gasteiger partial charge in [-0.25, -0.2) is 0 Å². The molecule has 0 aromatic heterocycles. The lowest BCUT2D eigenvalue weighted by molar-refractivity contribution is 0.406. The molecule has 1 rings (SSSR count). The number of methoxy groups -OCH3 is 1. The topological polar surface area (TPSA) is 55.5 Å². The predicted octanol–water partition coefficient (Wildman–Crippen LogP) is 1.68. The van der Waals surface area contributed by atoms with Crippen LogP contribution in [-0.4, -0.2) is 18.8 Å². The first-order chi connectivity index (χ1) is 6.69. The predicted molar refractivity (Wildman–Crippen MR) is 57.5 cm³/mol. The Bertz CT molecular complexity index is 345. The Balaban J connectivity index is 3.18. The number of phenols is 1. The molecule has 0 heterocycles. The Morgan fingerprint density at radius 3 is 2.79 bits per heavy atom. The zero-order chi connectivity index (χ0) is 10.6. The summed E-state index contributed by atoms with van der Waals surface area (Å²) in [6, 6.07) is 3.28. The summed E-state index contributed by atoms with van der Waals surface area (Å²) in [5, 5.41) is 9.35. The molecule has 0 amide bonds. The van der Waals surface area contributed by atoms with Gasteiger partial charge >= 0.3 is 0 Å². The number of hydrogen-bond acceptors (Lipinski definition) is 3. The molecule has 3 nitrogen and oxygen atoms in total. The molecule has 1 aromatic rings. The maximum Gasteiger partial charge on any atom is 0.130 e. The van der Waals surface area contributed by atoms with Crippen molar-refractivity contribution in [3.8, 4) is 11.5 Å². The molecule has 1 aromatic carbocycles. The van der Waals surface area contributed by atoms with Crippen molar-refractivity contribution in [3.63, 3.8) is 0 Å². The van der Waals surface area contributed by atoms with Gasteiger partial charge in [0.1, 0.15) is 11.5 Å². The number of ether oxygens (including phenoxy) is 1. The van der Waals surface area contributed by atoms with E-state index in [-0.39, 0.29) is 5.75 Å². The van der Waals surface area contributed by atoms with E-state index in [0.29, 0.717) is 12.3 Å².